The highest BCUT2D eigenvalue weighted by molar-refractivity contribution is 7.09. The summed E-state index contributed by atoms with van der Waals surface area (Å²) in [5.41, 5.74) is 6.48. The molecule has 0 aliphatic carbocycles. The summed E-state index contributed by atoms with van der Waals surface area (Å²) in [7, 11) is 0. The lowest BCUT2D eigenvalue weighted by atomic mass is 10.0. The molecule has 0 saturated carbocycles. The zero-order chi connectivity index (χ0) is 14.4. The van der Waals surface area contributed by atoms with Crippen LogP contribution in [0, 0.1) is 6.92 Å². The monoisotopic (exact) mass is 332 g/mol. The molecular formula is C14H25ClN4OS. The van der Waals surface area contributed by atoms with E-state index in [-0.39, 0.29) is 18.3 Å². The zero-order valence-electron chi connectivity index (χ0n) is 12.5. The van der Waals surface area contributed by atoms with Crippen molar-refractivity contribution in [2.75, 3.05) is 19.6 Å². The number of amides is 1. The number of hydrogen-bond donors (Lipinski definition) is 2. The smallest absolute Gasteiger partial charge is 0.221 e. The molecule has 2 heterocycles. The first kappa shape index (κ1) is 18.4. The van der Waals surface area contributed by atoms with Crippen LogP contribution in [0.5, 0.6) is 0 Å². The Morgan fingerprint density at radius 3 is 3.05 bits per heavy atom. The first-order valence-corrected chi connectivity index (χ1v) is 8.19. The minimum atomic E-state index is 0. The van der Waals surface area contributed by atoms with Gasteiger partial charge in [-0.25, -0.2) is 4.98 Å². The molecule has 2 rings (SSSR count). The molecule has 21 heavy (non-hydrogen) atoms. The van der Waals surface area contributed by atoms with Crippen molar-refractivity contribution in [3.8, 4) is 0 Å². The van der Waals surface area contributed by atoms with Crippen LogP contribution in [0.3, 0.4) is 0 Å². The Labute approximate surface area is 136 Å². The van der Waals surface area contributed by atoms with Gasteiger partial charge in [-0.3, -0.25) is 9.69 Å². The Kier molecular flexibility index (Phi) is 8.18. The van der Waals surface area contributed by atoms with E-state index in [1.54, 1.807) is 11.3 Å². The van der Waals surface area contributed by atoms with Crippen LogP contribution in [-0.2, 0) is 11.3 Å². The first-order chi connectivity index (χ1) is 9.69. The minimum absolute atomic E-state index is 0. The van der Waals surface area contributed by atoms with Crippen molar-refractivity contribution >= 4 is 29.7 Å². The molecule has 1 unspecified atom stereocenters. The molecule has 0 spiro atoms. The summed E-state index contributed by atoms with van der Waals surface area (Å²) >= 11 is 1.72. The van der Waals surface area contributed by atoms with Gasteiger partial charge >= 0.3 is 0 Å². The number of rotatable bonds is 6. The molecule has 1 saturated heterocycles. The SMILES string of the molecule is Cc1csc(CN2CCCCC2CNC(=O)CCN)n1.Cl. The quantitative estimate of drug-likeness (QED) is 0.831. The molecule has 1 aliphatic rings. The van der Waals surface area contributed by atoms with Gasteiger partial charge in [-0.05, 0) is 26.3 Å². The van der Waals surface area contributed by atoms with Gasteiger partial charge in [0, 0.05) is 36.6 Å². The minimum Gasteiger partial charge on any atom is -0.354 e. The Morgan fingerprint density at radius 1 is 1.57 bits per heavy atom. The van der Waals surface area contributed by atoms with E-state index in [2.05, 4.69) is 20.6 Å². The van der Waals surface area contributed by atoms with Crippen LogP contribution in [0.4, 0.5) is 0 Å². The lowest BCUT2D eigenvalue weighted by Crippen LogP contribution is -2.46. The number of thiazole rings is 1. The Bertz CT molecular complexity index is 440. The lowest BCUT2D eigenvalue weighted by Gasteiger charge is -2.35. The summed E-state index contributed by atoms with van der Waals surface area (Å²) in [5.74, 6) is 0.0584. The highest BCUT2D eigenvalue weighted by Gasteiger charge is 2.23. The number of nitrogens with two attached hydrogens (primary N) is 1. The predicted octanol–water partition coefficient (Wildman–Crippen LogP) is 1.69. The van der Waals surface area contributed by atoms with E-state index in [0.29, 0.717) is 19.0 Å². The average molecular weight is 333 g/mol. The zero-order valence-corrected chi connectivity index (χ0v) is 14.1. The number of nitrogens with zero attached hydrogens (tertiary/aromatic N) is 2. The third-order valence-electron chi connectivity index (χ3n) is 3.66. The fraction of sp³-hybridized carbons (Fsp3) is 0.714. The average Bonchev–Trinajstić information content (AvgIpc) is 2.83. The van der Waals surface area contributed by atoms with Crippen LogP contribution in [-0.4, -0.2) is 41.5 Å². The molecule has 120 valence electrons. The molecule has 0 radical (unpaired) electrons. The van der Waals surface area contributed by atoms with Gasteiger partial charge in [0.15, 0.2) is 0 Å². The number of aryl methyl sites for hydroxylation is 1. The van der Waals surface area contributed by atoms with Crippen LogP contribution < -0.4 is 11.1 Å². The number of carbonyl (C=O) groups is 1. The summed E-state index contributed by atoms with van der Waals surface area (Å²) in [6.45, 7) is 5.16. The molecule has 1 fully saturated rings. The van der Waals surface area contributed by atoms with Crippen molar-refractivity contribution in [3.05, 3.63) is 16.1 Å². The maximum Gasteiger partial charge on any atom is 0.221 e. The fourth-order valence-corrected chi connectivity index (χ4v) is 3.40. The second-order valence-corrected chi connectivity index (χ2v) is 6.29. The van der Waals surface area contributed by atoms with E-state index in [1.807, 2.05) is 6.92 Å². The third-order valence-corrected chi connectivity index (χ3v) is 4.61. The van der Waals surface area contributed by atoms with Crippen molar-refractivity contribution in [1.29, 1.82) is 0 Å². The van der Waals surface area contributed by atoms with Crippen molar-refractivity contribution in [2.24, 2.45) is 5.73 Å². The van der Waals surface area contributed by atoms with E-state index in [4.69, 9.17) is 5.73 Å². The molecule has 3 N–H and O–H groups in total. The number of nitrogens with one attached hydrogen (secondary N) is 1. The summed E-state index contributed by atoms with van der Waals surface area (Å²) < 4.78 is 0. The highest BCUT2D eigenvalue weighted by atomic mass is 35.5. The Morgan fingerprint density at radius 2 is 2.38 bits per heavy atom. The molecule has 1 amide bonds. The molecule has 0 bridgehead atoms. The van der Waals surface area contributed by atoms with Crippen LogP contribution in [0.2, 0.25) is 0 Å². The van der Waals surface area contributed by atoms with E-state index < -0.39 is 0 Å². The van der Waals surface area contributed by atoms with Gasteiger partial charge in [0.1, 0.15) is 5.01 Å². The first-order valence-electron chi connectivity index (χ1n) is 7.31. The number of aromatic nitrogens is 1. The van der Waals surface area contributed by atoms with E-state index in [1.165, 1.54) is 17.8 Å². The van der Waals surface area contributed by atoms with Gasteiger partial charge in [0.2, 0.25) is 5.91 Å². The van der Waals surface area contributed by atoms with Crippen LogP contribution in [0.1, 0.15) is 36.4 Å². The fourth-order valence-electron chi connectivity index (χ4n) is 2.60. The number of piperidine rings is 1. The van der Waals surface area contributed by atoms with Crippen LogP contribution in [0.25, 0.3) is 0 Å². The molecular weight excluding hydrogens is 308 g/mol. The number of likely N-dealkylation sites (tertiary alicyclic amines) is 1. The second kappa shape index (κ2) is 9.35. The number of hydrogen-bond acceptors (Lipinski definition) is 5. The lowest BCUT2D eigenvalue weighted by molar-refractivity contribution is -0.121. The van der Waals surface area contributed by atoms with E-state index >= 15 is 0 Å². The third kappa shape index (κ3) is 5.90. The van der Waals surface area contributed by atoms with Gasteiger partial charge in [-0.15, -0.1) is 23.7 Å². The molecule has 5 nitrogen and oxygen atoms in total. The molecule has 7 heteroatoms. The summed E-state index contributed by atoms with van der Waals surface area (Å²) in [6, 6.07) is 0.426. The van der Waals surface area contributed by atoms with Crippen LogP contribution >= 0.6 is 23.7 Å². The molecule has 1 atom stereocenters. The van der Waals surface area contributed by atoms with Gasteiger partial charge < -0.3 is 11.1 Å². The Hall–Kier alpha value is -0.690. The van der Waals surface area contributed by atoms with Crippen LogP contribution in [0.15, 0.2) is 5.38 Å². The summed E-state index contributed by atoms with van der Waals surface area (Å²) in [5, 5.41) is 6.26. The standard InChI is InChI=1S/C14H24N4OS.ClH/c1-11-10-20-14(17-11)9-18-7-3-2-4-12(18)8-16-13(19)5-6-15;/h10,12H,2-9,15H2,1H3,(H,16,19);1H. The topological polar surface area (TPSA) is 71.2 Å². The molecule has 1 aromatic rings. The van der Waals surface area contributed by atoms with Crippen molar-refractivity contribution < 1.29 is 4.79 Å². The Balaban J connectivity index is 0.00000220. The second-order valence-electron chi connectivity index (χ2n) is 5.35. The van der Waals surface area contributed by atoms with Crippen molar-refractivity contribution in [2.45, 2.75) is 45.2 Å². The summed E-state index contributed by atoms with van der Waals surface area (Å²) in [6.07, 6.45) is 4.04. The van der Waals surface area contributed by atoms with Crippen molar-refractivity contribution in [3.63, 3.8) is 0 Å². The highest BCUT2D eigenvalue weighted by Crippen LogP contribution is 2.20. The maximum atomic E-state index is 11.5. The van der Waals surface area contributed by atoms with Gasteiger partial charge in [0.25, 0.3) is 0 Å². The van der Waals surface area contributed by atoms with Gasteiger partial charge in [-0.2, -0.15) is 0 Å². The number of halogens is 1. The number of carbonyl (C=O) groups excluding carboxylic acids is 1. The summed E-state index contributed by atoms with van der Waals surface area (Å²) in [4.78, 5) is 18.5. The molecule has 0 aromatic carbocycles. The molecule has 1 aromatic heterocycles. The predicted molar refractivity (Wildman–Crippen MR) is 88.8 cm³/mol. The normalized spacial score (nSPS) is 19.0. The van der Waals surface area contributed by atoms with E-state index in [0.717, 1.165) is 31.7 Å². The van der Waals surface area contributed by atoms with Gasteiger partial charge in [-0.1, -0.05) is 6.42 Å². The van der Waals surface area contributed by atoms with E-state index in [9.17, 15) is 4.79 Å². The molecule has 1 aliphatic heterocycles. The largest absolute Gasteiger partial charge is 0.354 e. The van der Waals surface area contributed by atoms with Gasteiger partial charge in [0.05, 0.1) is 6.54 Å². The van der Waals surface area contributed by atoms with Crippen molar-refractivity contribution in [1.82, 2.24) is 15.2 Å². The maximum absolute atomic E-state index is 11.5.